The molecule has 0 unspecified atom stereocenters. The van der Waals surface area contributed by atoms with E-state index in [0.717, 1.165) is 44.6 Å². The normalized spacial score (nSPS) is 17.0. The summed E-state index contributed by atoms with van der Waals surface area (Å²) in [5, 5.41) is 10.3. The van der Waals surface area contributed by atoms with Crippen LogP contribution in [-0.4, -0.2) is 35.1 Å². The van der Waals surface area contributed by atoms with Crippen molar-refractivity contribution in [3.63, 3.8) is 0 Å². The highest BCUT2D eigenvalue weighted by atomic mass is 32.1. The number of hydrogen-bond donors (Lipinski definition) is 2. The Balaban J connectivity index is 1.84. The number of hydrogen-bond acceptors (Lipinski definition) is 5. The van der Waals surface area contributed by atoms with Gasteiger partial charge < -0.3 is 10.6 Å². The molecule has 17 heavy (non-hydrogen) atoms. The van der Waals surface area contributed by atoms with Crippen molar-refractivity contribution >= 4 is 17.4 Å². The minimum atomic E-state index is -0.0182. The van der Waals surface area contributed by atoms with Gasteiger partial charge >= 0.3 is 0 Å². The second-order valence-corrected chi connectivity index (χ2v) is 5.06. The Bertz CT molecular complexity index is 373. The summed E-state index contributed by atoms with van der Waals surface area (Å²) in [5.41, 5.74) is 0.804. The van der Waals surface area contributed by atoms with Crippen LogP contribution in [0.4, 0.5) is 0 Å². The summed E-state index contributed by atoms with van der Waals surface area (Å²) < 4.78 is 3.83. The van der Waals surface area contributed by atoms with E-state index >= 15 is 0 Å². The number of amides is 1. The number of aromatic nitrogens is 2. The highest BCUT2D eigenvalue weighted by Gasteiger charge is 2.17. The molecule has 0 spiro atoms. The molecule has 2 rings (SSSR count). The molecule has 1 amide bonds. The van der Waals surface area contributed by atoms with Crippen LogP contribution in [0.15, 0.2) is 0 Å². The molecule has 94 valence electrons. The van der Waals surface area contributed by atoms with Gasteiger partial charge in [0.05, 0.1) is 5.69 Å². The molecule has 2 heterocycles. The van der Waals surface area contributed by atoms with Gasteiger partial charge in [-0.25, -0.2) is 0 Å². The summed E-state index contributed by atoms with van der Waals surface area (Å²) in [6, 6.07) is 0. The molecule has 1 aromatic rings. The predicted molar refractivity (Wildman–Crippen MR) is 67.2 cm³/mol. The van der Waals surface area contributed by atoms with Crippen molar-refractivity contribution in [1.82, 2.24) is 20.2 Å². The summed E-state index contributed by atoms with van der Waals surface area (Å²) in [7, 11) is 0. The molecule has 1 aliphatic rings. The Morgan fingerprint density at radius 1 is 1.53 bits per heavy atom. The average molecular weight is 254 g/mol. The van der Waals surface area contributed by atoms with Gasteiger partial charge in [0.25, 0.3) is 5.91 Å². The molecular formula is C11H18N4OS. The number of nitrogens with one attached hydrogen (secondary N) is 2. The number of carbonyl (C=O) groups is 1. The largest absolute Gasteiger partial charge is 0.351 e. The summed E-state index contributed by atoms with van der Waals surface area (Å²) in [6.45, 7) is 4.87. The second-order valence-electron chi connectivity index (χ2n) is 4.31. The van der Waals surface area contributed by atoms with Crippen molar-refractivity contribution in [3.05, 3.63) is 10.6 Å². The monoisotopic (exact) mass is 254 g/mol. The Morgan fingerprint density at radius 3 is 3.00 bits per heavy atom. The zero-order valence-corrected chi connectivity index (χ0v) is 10.8. The van der Waals surface area contributed by atoms with E-state index in [2.05, 4.69) is 20.2 Å². The fourth-order valence-electron chi connectivity index (χ4n) is 2.02. The van der Waals surface area contributed by atoms with Crippen LogP contribution in [0.3, 0.4) is 0 Å². The van der Waals surface area contributed by atoms with E-state index in [1.807, 2.05) is 6.92 Å². The molecule has 5 nitrogen and oxygen atoms in total. The van der Waals surface area contributed by atoms with Crippen LogP contribution in [0.25, 0.3) is 0 Å². The first kappa shape index (κ1) is 12.4. The van der Waals surface area contributed by atoms with Crippen LogP contribution in [0, 0.1) is 5.92 Å². The van der Waals surface area contributed by atoms with Crippen LogP contribution in [0.1, 0.15) is 35.1 Å². The first-order chi connectivity index (χ1) is 8.31. The van der Waals surface area contributed by atoms with E-state index in [4.69, 9.17) is 0 Å². The lowest BCUT2D eigenvalue weighted by Gasteiger charge is -2.22. The van der Waals surface area contributed by atoms with Crippen LogP contribution in [0.5, 0.6) is 0 Å². The van der Waals surface area contributed by atoms with E-state index in [-0.39, 0.29) is 5.91 Å². The molecule has 1 aliphatic heterocycles. The maximum Gasteiger partial charge on any atom is 0.264 e. The molecule has 2 N–H and O–H groups in total. The van der Waals surface area contributed by atoms with Crippen LogP contribution < -0.4 is 10.6 Å². The Morgan fingerprint density at radius 2 is 2.29 bits per heavy atom. The van der Waals surface area contributed by atoms with E-state index in [9.17, 15) is 4.79 Å². The van der Waals surface area contributed by atoms with Gasteiger partial charge in [0, 0.05) is 6.54 Å². The van der Waals surface area contributed by atoms with Crippen molar-refractivity contribution < 1.29 is 4.79 Å². The number of rotatable bonds is 4. The van der Waals surface area contributed by atoms with Crippen molar-refractivity contribution in [1.29, 1.82) is 0 Å². The molecule has 1 fully saturated rings. The third kappa shape index (κ3) is 3.23. The zero-order valence-electron chi connectivity index (χ0n) is 10.0. The summed E-state index contributed by atoms with van der Waals surface area (Å²) in [4.78, 5) is 12.6. The zero-order chi connectivity index (χ0) is 12.1. The molecule has 1 aromatic heterocycles. The highest BCUT2D eigenvalue weighted by Crippen LogP contribution is 2.13. The van der Waals surface area contributed by atoms with Crippen molar-refractivity contribution in [2.45, 2.75) is 26.2 Å². The number of nitrogens with zero attached hydrogens (tertiary/aromatic N) is 2. The van der Waals surface area contributed by atoms with E-state index < -0.39 is 0 Å². The summed E-state index contributed by atoms with van der Waals surface area (Å²) >= 11 is 1.18. The SMILES string of the molecule is CCc1nnsc1C(=O)NCC1CCNCC1. The van der Waals surface area contributed by atoms with E-state index in [1.165, 1.54) is 11.5 Å². The quantitative estimate of drug-likeness (QED) is 0.835. The molecular weight excluding hydrogens is 236 g/mol. The van der Waals surface area contributed by atoms with Crippen molar-refractivity contribution in [3.8, 4) is 0 Å². The van der Waals surface area contributed by atoms with Gasteiger partial charge in [0.2, 0.25) is 0 Å². The van der Waals surface area contributed by atoms with E-state index in [1.54, 1.807) is 0 Å². The Kier molecular flexibility index (Phi) is 4.44. The smallest absolute Gasteiger partial charge is 0.264 e. The lowest BCUT2D eigenvalue weighted by Crippen LogP contribution is -2.36. The summed E-state index contributed by atoms with van der Waals surface area (Å²) in [5.74, 6) is 0.585. The van der Waals surface area contributed by atoms with Gasteiger partial charge in [0.15, 0.2) is 0 Å². The Labute approximate surface area is 105 Å². The highest BCUT2D eigenvalue weighted by molar-refractivity contribution is 7.08. The maximum atomic E-state index is 11.9. The van der Waals surface area contributed by atoms with Gasteiger partial charge in [-0.3, -0.25) is 4.79 Å². The molecule has 0 aromatic carbocycles. The lowest BCUT2D eigenvalue weighted by atomic mass is 9.98. The summed E-state index contributed by atoms with van der Waals surface area (Å²) in [6.07, 6.45) is 3.04. The fraction of sp³-hybridized carbons (Fsp3) is 0.727. The first-order valence-corrected chi connectivity index (χ1v) is 6.88. The lowest BCUT2D eigenvalue weighted by molar-refractivity contribution is 0.0947. The standard InChI is InChI=1S/C11H18N4OS/c1-2-9-10(17-15-14-9)11(16)13-7-8-3-5-12-6-4-8/h8,12H,2-7H2,1H3,(H,13,16). The number of carbonyl (C=O) groups excluding carboxylic acids is 1. The van der Waals surface area contributed by atoms with Crippen LogP contribution in [0.2, 0.25) is 0 Å². The van der Waals surface area contributed by atoms with Gasteiger partial charge in [-0.1, -0.05) is 11.4 Å². The van der Waals surface area contributed by atoms with Crippen LogP contribution in [-0.2, 0) is 6.42 Å². The number of piperidine rings is 1. The molecule has 6 heteroatoms. The minimum absolute atomic E-state index is 0.0182. The van der Waals surface area contributed by atoms with E-state index in [0.29, 0.717) is 10.8 Å². The predicted octanol–water partition coefficient (Wildman–Crippen LogP) is 0.830. The molecule has 0 aliphatic carbocycles. The molecule has 0 saturated carbocycles. The maximum absolute atomic E-state index is 11.9. The topological polar surface area (TPSA) is 66.9 Å². The van der Waals surface area contributed by atoms with Gasteiger partial charge in [-0.15, -0.1) is 5.10 Å². The molecule has 0 radical (unpaired) electrons. The van der Waals surface area contributed by atoms with Gasteiger partial charge in [-0.2, -0.15) is 0 Å². The van der Waals surface area contributed by atoms with Crippen LogP contribution >= 0.6 is 11.5 Å². The second kappa shape index (κ2) is 6.07. The molecule has 0 bridgehead atoms. The minimum Gasteiger partial charge on any atom is -0.351 e. The third-order valence-corrected chi connectivity index (χ3v) is 3.87. The van der Waals surface area contributed by atoms with Gasteiger partial charge in [-0.05, 0) is 49.8 Å². The third-order valence-electron chi connectivity index (χ3n) is 3.11. The molecule has 0 atom stereocenters. The van der Waals surface area contributed by atoms with Crippen molar-refractivity contribution in [2.75, 3.05) is 19.6 Å². The number of aryl methyl sites for hydroxylation is 1. The molecule has 1 saturated heterocycles. The van der Waals surface area contributed by atoms with Crippen molar-refractivity contribution in [2.24, 2.45) is 5.92 Å². The fourth-order valence-corrected chi connectivity index (χ4v) is 2.68. The average Bonchev–Trinajstić information content (AvgIpc) is 2.85. The first-order valence-electron chi connectivity index (χ1n) is 6.11. The van der Waals surface area contributed by atoms with Gasteiger partial charge in [0.1, 0.15) is 4.88 Å². The Hall–Kier alpha value is -1.01.